The third kappa shape index (κ3) is 29.8. The van der Waals surface area contributed by atoms with Crippen molar-refractivity contribution in [1.29, 1.82) is 0 Å². The second-order valence-electron chi connectivity index (χ2n) is 13.5. The molecule has 0 bridgehead atoms. The summed E-state index contributed by atoms with van der Waals surface area (Å²) in [7, 11) is 2.76. The summed E-state index contributed by atoms with van der Waals surface area (Å²) in [6, 6.07) is 27.7. The van der Waals surface area contributed by atoms with E-state index in [1.54, 1.807) is 6.08 Å². The summed E-state index contributed by atoms with van der Waals surface area (Å²) >= 11 is 0. The maximum Gasteiger partial charge on any atom is 0.325 e. The normalized spacial score (nSPS) is 9.23. The van der Waals surface area contributed by atoms with Crippen LogP contribution < -0.4 is 10.6 Å². The molecular formula is C47H59N9O8. The van der Waals surface area contributed by atoms with E-state index in [9.17, 15) is 28.8 Å². The Hall–Kier alpha value is -7.32. The number of aliphatic imine (C=N–C) groups is 6. The third-order valence-electron chi connectivity index (χ3n) is 8.88. The molecule has 17 heteroatoms. The monoisotopic (exact) mass is 877 g/mol. The summed E-state index contributed by atoms with van der Waals surface area (Å²) in [5, 5.41) is 5.61. The molecule has 0 spiro atoms. The molecule has 0 atom stereocenters. The molecule has 2 N–H and O–H groups in total. The minimum atomic E-state index is -0.416. The van der Waals surface area contributed by atoms with Gasteiger partial charge >= 0.3 is 12.1 Å². The molecule has 0 unspecified atom stereocenters. The molecule has 0 fully saturated rings. The first-order chi connectivity index (χ1) is 31.4. The summed E-state index contributed by atoms with van der Waals surface area (Å²) in [6.45, 7) is 2.62. The van der Waals surface area contributed by atoms with Crippen molar-refractivity contribution >= 4 is 54.2 Å². The predicted molar refractivity (Wildman–Crippen MR) is 244 cm³/mol. The Kier molecular flexibility index (Phi) is 37.5. The van der Waals surface area contributed by atoms with Crippen LogP contribution in [-0.4, -0.2) is 107 Å². The van der Waals surface area contributed by atoms with Gasteiger partial charge in [-0.3, -0.25) is 0 Å². The average molecular weight is 878 g/mol. The van der Waals surface area contributed by atoms with Crippen LogP contribution in [-0.2, 0) is 28.8 Å². The van der Waals surface area contributed by atoms with Crippen LogP contribution in [0.3, 0.4) is 0 Å². The van der Waals surface area contributed by atoms with Gasteiger partial charge in [-0.05, 0) is 67.3 Å². The van der Waals surface area contributed by atoms with Crippen molar-refractivity contribution in [3.05, 3.63) is 102 Å². The van der Waals surface area contributed by atoms with E-state index < -0.39 is 12.1 Å². The lowest BCUT2D eigenvalue weighted by atomic mass is 9.85. The Morgan fingerprint density at radius 1 is 0.469 bits per heavy atom. The van der Waals surface area contributed by atoms with Crippen LogP contribution in [0.5, 0.6) is 0 Å². The van der Waals surface area contributed by atoms with E-state index in [0.717, 1.165) is 70.6 Å². The molecule has 3 aromatic rings. The van der Waals surface area contributed by atoms with Crippen LogP contribution in [0.15, 0.2) is 115 Å². The van der Waals surface area contributed by atoms with Gasteiger partial charge in [0.25, 0.3) is 0 Å². The van der Waals surface area contributed by atoms with Crippen LogP contribution in [0.25, 0.3) is 0 Å². The molecule has 0 heterocycles. The van der Waals surface area contributed by atoms with Gasteiger partial charge in [-0.2, -0.15) is 4.99 Å². The first-order valence-corrected chi connectivity index (χ1v) is 21.0. The number of carbonyl (C=O) groups is 2. The van der Waals surface area contributed by atoms with E-state index >= 15 is 0 Å². The number of imide groups is 1. The average Bonchev–Trinajstić information content (AvgIpc) is 3.33. The largest absolute Gasteiger partial charge is 0.338 e. The predicted octanol–water partition coefficient (Wildman–Crippen LogP) is 8.13. The topological polar surface area (TPSA) is 238 Å². The lowest BCUT2D eigenvalue weighted by Gasteiger charge is -2.22. The van der Waals surface area contributed by atoms with Gasteiger partial charge in [-0.25, -0.2) is 68.2 Å². The minimum Gasteiger partial charge on any atom is -0.338 e. The van der Waals surface area contributed by atoms with Crippen molar-refractivity contribution in [2.45, 2.75) is 83.0 Å². The Labute approximate surface area is 375 Å². The summed E-state index contributed by atoms with van der Waals surface area (Å²) < 4.78 is 0. The molecule has 0 aromatic heterocycles. The fourth-order valence-electron chi connectivity index (χ4n) is 5.83. The first kappa shape index (κ1) is 56.7. The van der Waals surface area contributed by atoms with Crippen LogP contribution in [0.2, 0.25) is 0 Å². The van der Waals surface area contributed by atoms with Crippen molar-refractivity contribution in [2.24, 2.45) is 30.0 Å². The molecular weight excluding hydrogens is 819 g/mol. The highest BCUT2D eigenvalue weighted by molar-refractivity contribution is 5.93. The summed E-state index contributed by atoms with van der Waals surface area (Å²) in [5.41, 5.74) is 4.27. The molecule has 0 saturated carbocycles. The number of rotatable bonds is 25. The van der Waals surface area contributed by atoms with Gasteiger partial charge < -0.3 is 10.6 Å². The SMILES string of the molecule is CN=C=O.CN=C=O.O=C=NCCCCCCNC(=O)N(CCCCCCN=C=O)C(=O)NCCCCCCN=C=O.O=C=Nc1ccc(C(c2ccccc2)c2ccccc2)cc1. The quantitative estimate of drug-likeness (QED) is 0.0364. The van der Waals surface area contributed by atoms with Gasteiger partial charge in [0, 0.05) is 39.6 Å². The van der Waals surface area contributed by atoms with E-state index in [1.807, 2.05) is 36.4 Å². The standard InChI is InChI=1S/C23H38N6O5.C20H15NO.2C2H3NO/c30-19-24-13-7-1-3-10-16-27-22(33)29(18-12-6-5-9-15-26-21-32)23(34)28-17-11-4-2-8-14-25-20-31;22-15-21-19-13-11-18(12-14-19)20(16-7-3-1-4-8-16)17-9-5-2-6-10-17;2*1-3-2-4/h1-18H2,(H,27,33)(H,28,34);1-14,20H;2*1H3. The van der Waals surface area contributed by atoms with Gasteiger partial charge in [0.2, 0.25) is 36.5 Å². The highest BCUT2D eigenvalue weighted by atomic mass is 16.2. The number of carbonyl (C=O) groups excluding carboxylic acids is 8. The van der Waals surface area contributed by atoms with Gasteiger partial charge in [0.05, 0.1) is 25.3 Å². The van der Waals surface area contributed by atoms with E-state index in [4.69, 9.17) is 9.59 Å². The summed E-state index contributed by atoms with van der Waals surface area (Å²) in [6.07, 6.45) is 18.6. The zero-order chi connectivity index (χ0) is 47.1. The number of amides is 4. The number of hydrogen-bond acceptors (Lipinski definition) is 14. The Morgan fingerprint density at radius 2 is 0.828 bits per heavy atom. The van der Waals surface area contributed by atoms with Gasteiger partial charge in [0.1, 0.15) is 0 Å². The zero-order valence-corrected chi connectivity index (χ0v) is 36.8. The number of hydrogen-bond donors (Lipinski definition) is 2. The molecule has 0 saturated heterocycles. The molecule has 3 rings (SSSR count). The van der Waals surface area contributed by atoms with Gasteiger partial charge in [0.15, 0.2) is 0 Å². The second kappa shape index (κ2) is 42.4. The molecule has 4 amide bonds. The van der Waals surface area contributed by atoms with Crippen LogP contribution >= 0.6 is 0 Å². The minimum absolute atomic E-state index is 0.164. The number of benzene rings is 3. The Bertz CT molecular complexity index is 1900. The maximum absolute atomic E-state index is 12.6. The van der Waals surface area contributed by atoms with Crippen LogP contribution in [0.4, 0.5) is 15.3 Å². The molecule has 0 radical (unpaired) electrons. The Morgan fingerprint density at radius 3 is 1.19 bits per heavy atom. The maximum atomic E-state index is 12.6. The number of nitrogens with zero attached hydrogens (tertiary/aromatic N) is 7. The van der Waals surface area contributed by atoms with E-state index in [0.29, 0.717) is 51.4 Å². The van der Waals surface area contributed by atoms with Crippen molar-refractivity contribution in [3.63, 3.8) is 0 Å². The van der Waals surface area contributed by atoms with Gasteiger partial charge in [-0.15, -0.1) is 0 Å². The van der Waals surface area contributed by atoms with Crippen LogP contribution in [0, 0.1) is 0 Å². The fourth-order valence-corrected chi connectivity index (χ4v) is 5.83. The summed E-state index contributed by atoms with van der Waals surface area (Å²) in [5.74, 6) is 0.164. The lowest BCUT2D eigenvalue weighted by Crippen LogP contribution is -2.49. The van der Waals surface area contributed by atoms with Crippen molar-refractivity contribution in [1.82, 2.24) is 15.5 Å². The van der Waals surface area contributed by atoms with Crippen molar-refractivity contribution in [2.75, 3.05) is 53.4 Å². The Balaban J connectivity index is 0.00000112. The highest BCUT2D eigenvalue weighted by Gasteiger charge is 2.20. The smallest absolute Gasteiger partial charge is 0.325 e. The lowest BCUT2D eigenvalue weighted by molar-refractivity contribution is 0.184. The first-order valence-electron chi connectivity index (χ1n) is 21.0. The van der Waals surface area contributed by atoms with E-state index in [1.165, 1.54) is 66.1 Å². The molecule has 64 heavy (non-hydrogen) atoms. The second-order valence-corrected chi connectivity index (χ2v) is 13.5. The molecule has 17 nitrogen and oxygen atoms in total. The number of unbranched alkanes of at least 4 members (excludes halogenated alkanes) is 9. The van der Waals surface area contributed by atoms with Crippen molar-refractivity contribution < 1.29 is 38.4 Å². The third-order valence-corrected chi connectivity index (χ3v) is 8.88. The highest BCUT2D eigenvalue weighted by Crippen LogP contribution is 2.32. The van der Waals surface area contributed by atoms with Crippen LogP contribution in [0.1, 0.15) is 99.7 Å². The molecule has 0 aliphatic heterocycles. The number of nitrogens with one attached hydrogen (secondary N) is 2. The fraction of sp³-hybridized carbons (Fsp3) is 0.447. The number of isocyanates is 6. The molecule has 0 aliphatic carbocycles. The molecule has 3 aromatic carbocycles. The van der Waals surface area contributed by atoms with Crippen molar-refractivity contribution in [3.8, 4) is 0 Å². The summed E-state index contributed by atoms with van der Waals surface area (Å²) in [4.78, 5) is 105. The van der Waals surface area contributed by atoms with Gasteiger partial charge in [-0.1, -0.05) is 111 Å². The van der Waals surface area contributed by atoms with E-state index in [2.05, 4.69) is 89.1 Å². The molecule has 340 valence electrons. The molecule has 0 aliphatic rings. The zero-order valence-electron chi connectivity index (χ0n) is 36.8. The van der Waals surface area contributed by atoms with E-state index in [-0.39, 0.29) is 5.92 Å². The number of urea groups is 2.